The molecule has 1 aliphatic rings. The van der Waals surface area contributed by atoms with Gasteiger partial charge in [0.05, 0.1) is 0 Å². The zero-order chi connectivity index (χ0) is 29.5. The molecule has 0 heterocycles. The van der Waals surface area contributed by atoms with Gasteiger partial charge >= 0.3 is 6.11 Å². The third kappa shape index (κ3) is 5.94. The number of alkyl halides is 2. The van der Waals surface area contributed by atoms with E-state index in [1.54, 1.807) is 6.07 Å². The smallest absolute Gasteiger partial charge is 0.429 e. The monoisotopic (exact) mass is 576 g/mol. The second kappa shape index (κ2) is 11.2. The maximum absolute atomic E-state index is 15.1. The van der Waals surface area contributed by atoms with E-state index >= 15 is 4.39 Å². The van der Waals surface area contributed by atoms with Gasteiger partial charge in [0.25, 0.3) is 0 Å². The number of hydrogen-bond donors (Lipinski definition) is 0. The fourth-order valence-electron chi connectivity index (χ4n) is 5.27. The predicted octanol–water partition coefficient (Wildman–Crippen LogP) is 10.3. The van der Waals surface area contributed by atoms with Crippen LogP contribution in [0.5, 0.6) is 5.75 Å². The zero-order valence-corrected chi connectivity index (χ0v) is 21.8. The van der Waals surface area contributed by atoms with Gasteiger partial charge in [0.15, 0.2) is 17.5 Å². The molecule has 0 bridgehead atoms. The first-order valence-corrected chi connectivity index (χ1v) is 13.0. The molecule has 214 valence electrons. The molecule has 0 aliphatic heterocycles. The highest BCUT2D eigenvalue weighted by Crippen LogP contribution is 2.39. The second-order valence-electron chi connectivity index (χ2n) is 10.4. The van der Waals surface area contributed by atoms with Crippen LogP contribution in [0.1, 0.15) is 49.7 Å². The molecule has 0 saturated heterocycles. The van der Waals surface area contributed by atoms with Crippen molar-refractivity contribution in [3.05, 3.63) is 113 Å². The van der Waals surface area contributed by atoms with E-state index in [9.17, 15) is 30.7 Å². The van der Waals surface area contributed by atoms with Gasteiger partial charge in [0.2, 0.25) is 0 Å². The molecule has 0 radical (unpaired) electrons. The van der Waals surface area contributed by atoms with Crippen LogP contribution in [0.3, 0.4) is 0 Å². The van der Waals surface area contributed by atoms with Crippen LogP contribution in [-0.4, -0.2) is 0 Å². The summed E-state index contributed by atoms with van der Waals surface area (Å²) in [7, 11) is 0. The first kappa shape index (κ1) is 28.6. The summed E-state index contributed by atoms with van der Waals surface area (Å²) in [6, 6.07) is 13.0. The summed E-state index contributed by atoms with van der Waals surface area (Å²) in [6.45, 7) is 2.25. The Morgan fingerprint density at radius 1 is 0.610 bits per heavy atom. The summed E-state index contributed by atoms with van der Waals surface area (Å²) in [5.41, 5.74) is 0.0189. The van der Waals surface area contributed by atoms with Crippen molar-refractivity contribution in [1.29, 1.82) is 0 Å². The van der Waals surface area contributed by atoms with Crippen LogP contribution in [0.25, 0.3) is 22.3 Å². The Morgan fingerprint density at radius 2 is 1.15 bits per heavy atom. The minimum atomic E-state index is -4.74. The fourth-order valence-corrected chi connectivity index (χ4v) is 5.27. The highest BCUT2D eigenvalue weighted by atomic mass is 19.3. The lowest BCUT2D eigenvalue weighted by Crippen LogP contribution is -2.25. The van der Waals surface area contributed by atoms with Gasteiger partial charge in [-0.15, -0.1) is 0 Å². The van der Waals surface area contributed by atoms with E-state index in [2.05, 4.69) is 11.7 Å². The van der Waals surface area contributed by atoms with Crippen molar-refractivity contribution in [2.24, 2.45) is 5.92 Å². The van der Waals surface area contributed by atoms with Crippen LogP contribution in [0.4, 0.5) is 35.1 Å². The molecule has 0 unspecified atom stereocenters. The van der Waals surface area contributed by atoms with Crippen molar-refractivity contribution in [2.75, 3.05) is 0 Å². The lowest BCUT2D eigenvalue weighted by atomic mass is 9.79. The van der Waals surface area contributed by atoms with E-state index in [0.717, 1.165) is 24.3 Å². The molecule has 4 aromatic rings. The first-order valence-electron chi connectivity index (χ1n) is 13.0. The summed E-state index contributed by atoms with van der Waals surface area (Å²) in [5.74, 6) is -9.98. The molecule has 9 heteroatoms. The molecule has 1 fully saturated rings. The minimum absolute atomic E-state index is 0.109. The molecule has 0 atom stereocenters. The average Bonchev–Trinajstić information content (AvgIpc) is 2.91. The molecule has 0 spiro atoms. The highest BCUT2D eigenvalue weighted by molar-refractivity contribution is 5.71. The molecule has 0 amide bonds. The van der Waals surface area contributed by atoms with Crippen LogP contribution < -0.4 is 4.74 Å². The third-order valence-corrected chi connectivity index (χ3v) is 7.55. The SMILES string of the molecule is CC1CCC(c2ccc(-c3ccc(-c4cc(F)c(C(F)(F)Oc5cc(F)c(F)c(F)c5)c(F)c4)c(F)c3)cc2)CC1. The van der Waals surface area contributed by atoms with Gasteiger partial charge in [-0.05, 0) is 65.1 Å². The summed E-state index contributed by atoms with van der Waals surface area (Å²) in [5, 5.41) is 0. The van der Waals surface area contributed by atoms with Crippen molar-refractivity contribution in [3.8, 4) is 28.0 Å². The maximum atomic E-state index is 15.1. The lowest BCUT2D eigenvalue weighted by molar-refractivity contribution is -0.189. The summed E-state index contributed by atoms with van der Waals surface area (Å²) in [6.07, 6.45) is -0.136. The van der Waals surface area contributed by atoms with E-state index in [-0.39, 0.29) is 23.3 Å². The molecule has 1 nitrogen and oxygen atoms in total. The Hall–Kier alpha value is -3.88. The molecule has 1 saturated carbocycles. The molecular formula is C32H24F8O. The van der Waals surface area contributed by atoms with Gasteiger partial charge in [-0.25, -0.2) is 26.3 Å². The molecule has 0 N–H and O–H groups in total. The van der Waals surface area contributed by atoms with Crippen LogP contribution in [0, 0.1) is 40.8 Å². The molecule has 41 heavy (non-hydrogen) atoms. The van der Waals surface area contributed by atoms with Gasteiger partial charge in [-0.2, -0.15) is 8.78 Å². The van der Waals surface area contributed by atoms with Crippen molar-refractivity contribution >= 4 is 0 Å². The van der Waals surface area contributed by atoms with Crippen LogP contribution in [0.15, 0.2) is 66.7 Å². The molecule has 4 aromatic carbocycles. The van der Waals surface area contributed by atoms with Gasteiger partial charge in [0, 0.05) is 17.7 Å². The number of hydrogen-bond acceptors (Lipinski definition) is 1. The van der Waals surface area contributed by atoms with Crippen molar-refractivity contribution < 1.29 is 39.9 Å². The quantitative estimate of drug-likeness (QED) is 0.164. The van der Waals surface area contributed by atoms with E-state index in [4.69, 9.17) is 0 Å². The Balaban J connectivity index is 1.38. The average molecular weight is 577 g/mol. The first-order chi connectivity index (χ1) is 19.4. The van der Waals surface area contributed by atoms with E-state index in [0.29, 0.717) is 23.6 Å². The van der Waals surface area contributed by atoms with E-state index < -0.39 is 52.3 Å². The van der Waals surface area contributed by atoms with Crippen LogP contribution >= 0.6 is 0 Å². The Labute approximate surface area is 231 Å². The van der Waals surface area contributed by atoms with Crippen LogP contribution in [-0.2, 0) is 6.11 Å². The molecule has 0 aromatic heterocycles. The lowest BCUT2D eigenvalue weighted by Gasteiger charge is -2.26. The van der Waals surface area contributed by atoms with Crippen molar-refractivity contribution in [1.82, 2.24) is 0 Å². The van der Waals surface area contributed by atoms with Crippen molar-refractivity contribution in [3.63, 3.8) is 0 Å². The standard InChI is InChI=1S/C32H24F8O/c1-17-2-4-18(5-3-17)19-6-8-20(9-7-19)21-10-11-24(25(33)12-21)22-13-26(34)30(27(35)14-22)32(39,40)41-23-15-28(36)31(38)29(37)16-23/h6-18H,2-5H2,1H3. The summed E-state index contributed by atoms with van der Waals surface area (Å²) >= 11 is 0. The topological polar surface area (TPSA) is 9.23 Å². The Morgan fingerprint density at radius 3 is 1.71 bits per heavy atom. The molecule has 1 aliphatic carbocycles. The second-order valence-corrected chi connectivity index (χ2v) is 10.4. The fraction of sp³-hybridized carbons (Fsp3) is 0.250. The van der Waals surface area contributed by atoms with E-state index in [1.807, 2.05) is 24.3 Å². The third-order valence-electron chi connectivity index (χ3n) is 7.55. The number of benzene rings is 4. The minimum Gasteiger partial charge on any atom is -0.429 e. The van der Waals surface area contributed by atoms with E-state index in [1.165, 1.54) is 30.5 Å². The normalized spacial score (nSPS) is 17.5. The van der Waals surface area contributed by atoms with Gasteiger partial charge in [-0.1, -0.05) is 56.2 Å². The number of ether oxygens (including phenoxy) is 1. The number of rotatable bonds is 6. The summed E-state index contributed by atoms with van der Waals surface area (Å²) in [4.78, 5) is 0. The van der Waals surface area contributed by atoms with Crippen molar-refractivity contribution in [2.45, 2.75) is 44.6 Å². The van der Waals surface area contributed by atoms with Gasteiger partial charge in [-0.3, -0.25) is 0 Å². The molecule has 5 rings (SSSR count). The van der Waals surface area contributed by atoms with Crippen LogP contribution in [0.2, 0.25) is 0 Å². The van der Waals surface area contributed by atoms with Gasteiger partial charge in [0.1, 0.15) is 28.8 Å². The molecular weight excluding hydrogens is 552 g/mol. The van der Waals surface area contributed by atoms with Gasteiger partial charge < -0.3 is 4.74 Å². The number of halogens is 8. The predicted molar refractivity (Wildman–Crippen MR) is 138 cm³/mol. The largest absolute Gasteiger partial charge is 0.432 e. The Kier molecular flexibility index (Phi) is 7.81. The Bertz CT molecular complexity index is 1530. The maximum Gasteiger partial charge on any atom is 0.432 e. The highest BCUT2D eigenvalue weighted by Gasteiger charge is 2.41. The summed E-state index contributed by atoms with van der Waals surface area (Å²) < 4.78 is 118. The zero-order valence-electron chi connectivity index (χ0n) is 21.8.